The van der Waals surface area contributed by atoms with E-state index in [4.69, 9.17) is 18.9 Å². The van der Waals surface area contributed by atoms with E-state index >= 15 is 0 Å². The molecule has 0 bridgehead atoms. The molecular weight excluding hydrogens is 438 g/mol. The highest BCUT2D eigenvalue weighted by atomic mass is 16.5. The summed E-state index contributed by atoms with van der Waals surface area (Å²) in [4.78, 5) is 27.7. The van der Waals surface area contributed by atoms with Gasteiger partial charge in [-0.05, 0) is 61.7 Å². The number of benzene rings is 2. The fourth-order valence-electron chi connectivity index (χ4n) is 4.14. The van der Waals surface area contributed by atoms with Gasteiger partial charge in [0, 0.05) is 25.8 Å². The molecule has 1 aliphatic heterocycles. The van der Waals surface area contributed by atoms with Crippen molar-refractivity contribution in [1.82, 2.24) is 4.90 Å². The first-order valence-electron chi connectivity index (χ1n) is 11.1. The quantitative estimate of drug-likeness (QED) is 0.244. The Kier molecular flexibility index (Phi) is 8.17. The smallest absolute Gasteiger partial charge is 0.295 e. The van der Waals surface area contributed by atoms with Crippen LogP contribution in [0.2, 0.25) is 0 Å². The van der Waals surface area contributed by atoms with Gasteiger partial charge >= 0.3 is 0 Å². The summed E-state index contributed by atoms with van der Waals surface area (Å²) < 4.78 is 21.5. The number of hydrogen-bond donors (Lipinski definition) is 1. The molecule has 1 aliphatic rings. The van der Waals surface area contributed by atoms with E-state index in [0.29, 0.717) is 53.6 Å². The Bertz CT molecular complexity index is 1090. The molecule has 1 saturated heterocycles. The van der Waals surface area contributed by atoms with Crippen LogP contribution in [0.1, 0.15) is 36.1 Å². The molecule has 1 amide bonds. The summed E-state index contributed by atoms with van der Waals surface area (Å²) >= 11 is 0. The van der Waals surface area contributed by atoms with E-state index in [0.717, 1.165) is 0 Å². The van der Waals surface area contributed by atoms with Gasteiger partial charge in [0.15, 0.2) is 11.5 Å². The van der Waals surface area contributed by atoms with Crippen LogP contribution < -0.4 is 14.2 Å². The number of aliphatic hydroxyl groups excluding tert-OH is 1. The van der Waals surface area contributed by atoms with Gasteiger partial charge < -0.3 is 29.0 Å². The fourth-order valence-corrected chi connectivity index (χ4v) is 4.14. The first-order valence-corrected chi connectivity index (χ1v) is 11.1. The van der Waals surface area contributed by atoms with Crippen LogP contribution in [0, 0.1) is 6.92 Å². The molecule has 0 radical (unpaired) electrons. The zero-order valence-corrected chi connectivity index (χ0v) is 20.2. The van der Waals surface area contributed by atoms with E-state index in [1.807, 2.05) is 6.92 Å². The molecule has 0 aromatic heterocycles. The normalized spacial score (nSPS) is 17.2. The van der Waals surface area contributed by atoms with E-state index in [9.17, 15) is 14.7 Å². The molecule has 1 fully saturated rings. The van der Waals surface area contributed by atoms with Crippen LogP contribution in [0.15, 0.2) is 42.0 Å². The molecule has 34 heavy (non-hydrogen) atoms. The van der Waals surface area contributed by atoms with Gasteiger partial charge in [-0.1, -0.05) is 6.07 Å². The zero-order valence-electron chi connectivity index (χ0n) is 20.2. The highest BCUT2D eigenvalue weighted by Gasteiger charge is 2.46. The Morgan fingerprint density at radius 1 is 1.03 bits per heavy atom. The van der Waals surface area contributed by atoms with Gasteiger partial charge in [-0.25, -0.2) is 0 Å². The van der Waals surface area contributed by atoms with Crippen LogP contribution in [0.3, 0.4) is 0 Å². The Morgan fingerprint density at radius 2 is 1.79 bits per heavy atom. The van der Waals surface area contributed by atoms with Crippen molar-refractivity contribution in [1.29, 1.82) is 0 Å². The maximum atomic E-state index is 13.2. The van der Waals surface area contributed by atoms with Crippen molar-refractivity contribution >= 4 is 17.4 Å². The van der Waals surface area contributed by atoms with Crippen molar-refractivity contribution in [2.75, 3.05) is 41.1 Å². The van der Waals surface area contributed by atoms with E-state index in [1.54, 1.807) is 57.5 Å². The second kappa shape index (κ2) is 11.1. The highest BCUT2D eigenvalue weighted by Crippen LogP contribution is 2.42. The van der Waals surface area contributed by atoms with E-state index < -0.39 is 17.7 Å². The zero-order chi connectivity index (χ0) is 24.8. The third-order valence-electron chi connectivity index (χ3n) is 5.78. The number of nitrogens with zero attached hydrogens (tertiary/aromatic N) is 1. The largest absolute Gasteiger partial charge is 0.507 e. The van der Waals surface area contributed by atoms with Crippen LogP contribution in [0.25, 0.3) is 5.76 Å². The number of aliphatic hydroxyl groups is 1. The van der Waals surface area contributed by atoms with E-state index in [-0.39, 0.29) is 17.9 Å². The average molecular weight is 470 g/mol. The monoisotopic (exact) mass is 469 g/mol. The topological polar surface area (TPSA) is 94.5 Å². The molecular formula is C26H31NO7. The molecule has 3 rings (SSSR count). The maximum Gasteiger partial charge on any atom is 0.295 e. The van der Waals surface area contributed by atoms with Crippen LogP contribution in [-0.4, -0.2) is 62.8 Å². The van der Waals surface area contributed by atoms with Crippen molar-refractivity contribution in [3.05, 3.63) is 58.7 Å². The molecule has 2 aromatic carbocycles. The molecule has 8 nitrogen and oxygen atoms in total. The molecule has 8 heteroatoms. The van der Waals surface area contributed by atoms with Crippen molar-refractivity contribution < 1.29 is 33.6 Å². The molecule has 2 aromatic rings. The second-order valence-electron chi connectivity index (χ2n) is 7.86. The maximum absolute atomic E-state index is 13.2. The Labute approximate surface area is 199 Å². The lowest BCUT2D eigenvalue weighted by molar-refractivity contribution is -0.140. The standard InChI is InChI=1S/C26H31NO7/c1-6-34-20-11-8-17(15-21(20)33-5)23-22(25(29)26(30)27(23)12-7-13-31-3)24(28)19-10-9-18(32-4)14-16(19)2/h8-11,14-15,23,28H,6-7,12-13H2,1-5H3/t23-/m1/s1. The lowest BCUT2D eigenvalue weighted by Crippen LogP contribution is -2.31. The van der Waals surface area contributed by atoms with Crippen molar-refractivity contribution in [3.8, 4) is 17.2 Å². The van der Waals surface area contributed by atoms with Gasteiger partial charge in [-0.2, -0.15) is 0 Å². The van der Waals surface area contributed by atoms with Gasteiger partial charge in [-0.15, -0.1) is 0 Å². The average Bonchev–Trinajstić information content (AvgIpc) is 3.09. The Hall–Kier alpha value is -3.52. The summed E-state index contributed by atoms with van der Waals surface area (Å²) in [6.45, 7) is 4.86. The number of ether oxygens (including phenoxy) is 4. The fraction of sp³-hybridized carbons (Fsp3) is 0.385. The molecule has 0 unspecified atom stereocenters. The van der Waals surface area contributed by atoms with Gasteiger partial charge in [0.2, 0.25) is 0 Å². The second-order valence-corrected chi connectivity index (χ2v) is 7.86. The SMILES string of the molecule is CCOc1ccc([C@@H]2C(=C(O)c3ccc(OC)cc3C)C(=O)C(=O)N2CCCOC)cc1OC. The first kappa shape index (κ1) is 25.1. The Balaban J connectivity index is 2.18. The van der Waals surface area contributed by atoms with Crippen molar-refractivity contribution in [2.45, 2.75) is 26.3 Å². The number of ketones is 1. The van der Waals surface area contributed by atoms with Crippen molar-refractivity contribution in [3.63, 3.8) is 0 Å². The summed E-state index contributed by atoms with van der Waals surface area (Å²) in [6.07, 6.45) is 0.537. The molecule has 182 valence electrons. The minimum atomic E-state index is -0.789. The number of aryl methyl sites for hydroxylation is 1. The van der Waals surface area contributed by atoms with Crippen LogP contribution in [0.5, 0.6) is 17.2 Å². The number of rotatable bonds is 10. The van der Waals surface area contributed by atoms with Gasteiger partial charge in [-0.3, -0.25) is 9.59 Å². The third-order valence-corrected chi connectivity index (χ3v) is 5.78. The molecule has 1 heterocycles. The summed E-state index contributed by atoms with van der Waals surface area (Å²) in [5.41, 5.74) is 1.83. The number of hydrogen-bond acceptors (Lipinski definition) is 7. The lowest BCUT2D eigenvalue weighted by Gasteiger charge is -2.26. The van der Waals surface area contributed by atoms with Crippen LogP contribution in [-0.2, 0) is 14.3 Å². The van der Waals surface area contributed by atoms with Gasteiger partial charge in [0.05, 0.1) is 32.4 Å². The minimum Gasteiger partial charge on any atom is -0.507 e. The number of likely N-dealkylation sites (tertiary alicyclic amines) is 1. The third kappa shape index (κ3) is 4.87. The number of Topliss-reactive ketones (excluding diaryl/α,β-unsaturated/α-hetero) is 1. The molecule has 0 spiro atoms. The highest BCUT2D eigenvalue weighted by molar-refractivity contribution is 6.46. The van der Waals surface area contributed by atoms with E-state index in [1.165, 1.54) is 12.0 Å². The summed E-state index contributed by atoms with van der Waals surface area (Å²) in [5, 5.41) is 11.3. The predicted octanol–water partition coefficient (Wildman–Crippen LogP) is 3.87. The summed E-state index contributed by atoms with van der Waals surface area (Å²) in [5.74, 6) is 0.0238. The Morgan fingerprint density at radius 3 is 2.41 bits per heavy atom. The number of methoxy groups -OCH3 is 3. The first-order chi connectivity index (χ1) is 16.4. The predicted molar refractivity (Wildman–Crippen MR) is 127 cm³/mol. The number of amides is 1. The van der Waals surface area contributed by atoms with Gasteiger partial charge in [0.25, 0.3) is 11.7 Å². The molecule has 1 N–H and O–H groups in total. The summed E-state index contributed by atoms with van der Waals surface area (Å²) in [6, 6.07) is 9.61. The van der Waals surface area contributed by atoms with Crippen LogP contribution in [0.4, 0.5) is 0 Å². The molecule has 0 saturated carbocycles. The van der Waals surface area contributed by atoms with E-state index in [2.05, 4.69) is 0 Å². The van der Waals surface area contributed by atoms with Crippen molar-refractivity contribution in [2.24, 2.45) is 0 Å². The van der Waals surface area contributed by atoms with Crippen LogP contribution >= 0.6 is 0 Å². The molecule has 1 atom stereocenters. The molecule has 0 aliphatic carbocycles. The number of carbonyl (C=O) groups is 2. The van der Waals surface area contributed by atoms with Gasteiger partial charge in [0.1, 0.15) is 11.5 Å². The number of carbonyl (C=O) groups excluding carboxylic acids is 2. The lowest BCUT2D eigenvalue weighted by atomic mass is 9.93. The summed E-state index contributed by atoms with van der Waals surface area (Å²) in [7, 11) is 4.66. The minimum absolute atomic E-state index is 0.0295.